The number of aromatic amines is 1. The normalized spacial score (nSPS) is 10.7. The molecule has 0 unspecified atom stereocenters. The van der Waals surface area contributed by atoms with Crippen molar-refractivity contribution in [2.75, 3.05) is 5.32 Å². The molecule has 0 amide bonds. The maximum absolute atomic E-state index is 4.47. The van der Waals surface area contributed by atoms with Crippen LogP contribution in [0.4, 0.5) is 5.69 Å². The lowest BCUT2D eigenvalue weighted by Crippen LogP contribution is -2.02. The molecule has 86 valence electrons. The van der Waals surface area contributed by atoms with E-state index in [0.29, 0.717) is 0 Å². The summed E-state index contributed by atoms with van der Waals surface area (Å²) in [5, 5.41) is 7.91. The van der Waals surface area contributed by atoms with Gasteiger partial charge in [-0.2, -0.15) is 5.10 Å². The maximum Gasteiger partial charge on any atom is 0.0828 e. The predicted octanol–water partition coefficient (Wildman–Crippen LogP) is 2.46. The Hall–Kier alpha value is -1.71. The topological polar surface area (TPSA) is 45.6 Å². The van der Waals surface area contributed by atoms with E-state index in [1.165, 1.54) is 11.3 Å². The Morgan fingerprint density at radius 3 is 2.81 bits per heavy atom. The summed E-state index contributed by atoms with van der Waals surface area (Å²) in [5.41, 5.74) is 4.68. The molecule has 4 nitrogen and oxygen atoms in total. The summed E-state index contributed by atoms with van der Waals surface area (Å²) in [4.78, 5) is 3.05. The van der Waals surface area contributed by atoms with E-state index in [-0.39, 0.29) is 0 Å². The van der Waals surface area contributed by atoms with Gasteiger partial charge in [-0.05, 0) is 32.4 Å². The molecule has 2 rings (SSSR count). The number of rotatable bonds is 4. The zero-order chi connectivity index (χ0) is 11.5. The number of H-pyrrole nitrogens is 1. The van der Waals surface area contributed by atoms with E-state index in [2.05, 4.69) is 35.3 Å². The third-order valence-corrected chi connectivity index (χ3v) is 2.81. The molecule has 2 aromatic heterocycles. The molecule has 0 fully saturated rings. The summed E-state index contributed by atoms with van der Waals surface area (Å²) in [6.07, 6.45) is 3.94. The van der Waals surface area contributed by atoms with Gasteiger partial charge >= 0.3 is 0 Å². The number of aromatic nitrogens is 3. The predicted molar refractivity (Wildman–Crippen MR) is 65.5 cm³/mol. The van der Waals surface area contributed by atoms with Crippen molar-refractivity contribution in [1.82, 2.24) is 14.8 Å². The van der Waals surface area contributed by atoms with Crippen LogP contribution in [0.5, 0.6) is 0 Å². The van der Waals surface area contributed by atoms with E-state index in [4.69, 9.17) is 0 Å². The minimum absolute atomic E-state index is 0.834. The van der Waals surface area contributed by atoms with Gasteiger partial charge in [-0.1, -0.05) is 0 Å². The average Bonchev–Trinajstić information content (AvgIpc) is 2.86. The Morgan fingerprint density at radius 2 is 2.25 bits per heavy atom. The summed E-state index contributed by atoms with van der Waals surface area (Å²) >= 11 is 0. The van der Waals surface area contributed by atoms with E-state index >= 15 is 0 Å². The average molecular weight is 218 g/mol. The Labute approximate surface area is 95.7 Å². The molecule has 0 saturated heterocycles. The molecule has 0 aliphatic carbocycles. The van der Waals surface area contributed by atoms with Crippen molar-refractivity contribution in [3.8, 4) is 0 Å². The maximum atomic E-state index is 4.47. The summed E-state index contributed by atoms with van der Waals surface area (Å²) in [5.74, 6) is 0. The molecule has 16 heavy (non-hydrogen) atoms. The fourth-order valence-corrected chi connectivity index (χ4v) is 1.92. The summed E-state index contributed by atoms with van der Waals surface area (Å²) in [6.45, 7) is 8.00. The van der Waals surface area contributed by atoms with Crippen LogP contribution in [0.2, 0.25) is 0 Å². The van der Waals surface area contributed by atoms with Crippen LogP contribution in [0, 0.1) is 13.8 Å². The highest BCUT2D eigenvalue weighted by molar-refractivity contribution is 5.52. The number of hydrogen-bond donors (Lipinski definition) is 2. The summed E-state index contributed by atoms with van der Waals surface area (Å²) in [6, 6.07) is 2.07. The van der Waals surface area contributed by atoms with Crippen LogP contribution in [0.3, 0.4) is 0 Å². The van der Waals surface area contributed by atoms with Crippen LogP contribution in [-0.2, 0) is 13.1 Å². The molecule has 4 heteroatoms. The van der Waals surface area contributed by atoms with Crippen molar-refractivity contribution in [3.05, 3.63) is 35.4 Å². The molecule has 0 aliphatic heterocycles. The second-order valence-electron chi connectivity index (χ2n) is 3.93. The molecule has 0 aliphatic rings. The van der Waals surface area contributed by atoms with Gasteiger partial charge in [0.05, 0.1) is 17.1 Å². The van der Waals surface area contributed by atoms with Crippen molar-refractivity contribution in [2.24, 2.45) is 0 Å². The van der Waals surface area contributed by atoms with Gasteiger partial charge in [-0.3, -0.25) is 4.68 Å². The Kier molecular flexibility index (Phi) is 2.99. The lowest BCUT2D eigenvalue weighted by molar-refractivity contribution is 0.634. The first-order chi connectivity index (χ1) is 7.72. The van der Waals surface area contributed by atoms with Crippen LogP contribution in [0.1, 0.15) is 23.9 Å². The Balaban J connectivity index is 2.12. The van der Waals surface area contributed by atoms with Gasteiger partial charge in [-0.15, -0.1) is 0 Å². The molecule has 0 bridgehead atoms. The minimum atomic E-state index is 0.834. The van der Waals surface area contributed by atoms with E-state index in [9.17, 15) is 0 Å². The first-order valence-corrected chi connectivity index (χ1v) is 5.62. The van der Waals surface area contributed by atoms with Crippen molar-refractivity contribution >= 4 is 5.69 Å². The molecule has 0 radical (unpaired) electrons. The number of hydrogen-bond acceptors (Lipinski definition) is 2. The van der Waals surface area contributed by atoms with Crippen LogP contribution in [0.25, 0.3) is 0 Å². The van der Waals surface area contributed by atoms with E-state index in [0.717, 1.165) is 24.5 Å². The molecule has 2 N–H and O–H groups in total. The van der Waals surface area contributed by atoms with Gasteiger partial charge in [0, 0.05) is 25.5 Å². The summed E-state index contributed by atoms with van der Waals surface area (Å²) < 4.78 is 2.02. The van der Waals surface area contributed by atoms with E-state index in [1.54, 1.807) is 0 Å². The molecule has 0 aromatic carbocycles. The molecule has 0 spiro atoms. The van der Waals surface area contributed by atoms with Gasteiger partial charge in [0.1, 0.15) is 0 Å². The highest BCUT2D eigenvalue weighted by Gasteiger charge is 2.09. The fraction of sp³-hybridized carbons (Fsp3) is 0.417. The van der Waals surface area contributed by atoms with Gasteiger partial charge in [-0.25, -0.2) is 0 Å². The highest BCUT2D eigenvalue weighted by Crippen LogP contribution is 2.19. The van der Waals surface area contributed by atoms with Gasteiger partial charge < -0.3 is 10.3 Å². The quantitative estimate of drug-likeness (QED) is 0.828. The molecule has 0 saturated carbocycles. The van der Waals surface area contributed by atoms with E-state index in [1.807, 2.05) is 24.0 Å². The van der Waals surface area contributed by atoms with Gasteiger partial charge in [0.2, 0.25) is 0 Å². The molecule has 2 aromatic rings. The third kappa shape index (κ3) is 1.96. The van der Waals surface area contributed by atoms with Crippen LogP contribution in [-0.4, -0.2) is 14.8 Å². The lowest BCUT2D eigenvalue weighted by atomic mass is 10.3. The van der Waals surface area contributed by atoms with Crippen molar-refractivity contribution in [1.29, 1.82) is 0 Å². The zero-order valence-electron chi connectivity index (χ0n) is 10.0. The molecular weight excluding hydrogens is 200 g/mol. The third-order valence-electron chi connectivity index (χ3n) is 2.81. The number of anilines is 1. The monoisotopic (exact) mass is 218 g/mol. The van der Waals surface area contributed by atoms with Crippen LogP contribution < -0.4 is 5.32 Å². The first-order valence-electron chi connectivity index (χ1n) is 5.62. The van der Waals surface area contributed by atoms with E-state index < -0.39 is 0 Å². The van der Waals surface area contributed by atoms with Crippen molar-refractivity contribution in [2.45, 2.75) is 33.9 Å². The molecule has 0 atom stereocenters. The first kappa shape index (κ1) is 10.8. The van der Waals surface area contributed by atoms with Crippen LogP contribution in [0.15, 0.2) is 18.5 Å². The number of nitrogens with one attached hydrogen (secondary N) is 2. The smallest absolute Gasteiger partial charge is 0.0828 e. The zero-order valence-corrected chi connectivity index (χ0v) is 10.0. The van der Waals surface area contributed by atoms with Crippen LogP contribution >= 0.6 is 0 Å². The largest absolute Gasteiger partial charge is 0.378 e. The SMILES string of the molecule is CCn1nc(C)c(NCc2cc[nH]c2)c1C. The molecule has 2 heterocycles. The lowest BCUT2D eigenvalue weighted by Gasteiger charge is -2.05. The Morgan fingerprint density at radius 1 is 1.44 bits per heavy atom. The standard InChI is InChI=1S/C12H18N4/c1-4-16-10(3)12(9(2)15-16)14-8-11-5-6-13-7-11/h5-7,13-14H,4,8H2,1-3H3. The second kappa shape index (κ2) is 4.43. The van der Waals surface area contributed by atoms with Crippen molar-refractivity contribution in [3.63, 3.8) is 0 Å². The number of nitrogens with zero attached hydrogens (tertiary/aromatic N) is 2. The van der Waals surface area contributed by atoms with Gasteiger partial charge in [0.25, 0.3) is 0 Å². The highest BCUT2D eigenvalue weighted by atomic mass is 15.3. The molecular formula is C12H18N4. The van der Waals surface area contributed by atoms with Gasteiger partial charge in [0.15, 0.2) is 0 Å². The Bertz CT molecular complexity index is 454. The second-order valence-corrected chi connectivity index (χ2v) is 3.93. The fourth-order valence-electron chi connectivity index (χ4n) is 1.92. The summed E-state index contributed by atoms with van der Waals surface area (Å²) in [7, 11) is 0. The number of aryl methyl sites for hydroxylation is 2. The minimum Gasteiger partial charge on any atom is -0.378 e. The van der Waals surface area contributed by atoms with Crippen molar-refractivity contribution < 1.29 is 0 Å².